The van der Waals surface area contributed by atoms with Gasteiger partial charge in [-0.3, -0.25) is 0 Å². The molecular weight excluding hydrogens is 231 g/mol. The van der Waals surface area contributed by atoms with Crippen LogP contribution in [-0.4, -0.2) is 16.6 Å². The van der Waals surface area contributed by atoms with Crippen molar-refractivity contribution in [3.8, 4) is 5.88 Å². The van der Waals surface area contributed by atoms with Crippen LogP contribution in [0.15, 0.2) is 12.3 Å². The highest BCUT2D eigenvalue weighted by Gasteiger charge is 2.23. The van der Waals surface area contributed by atoms with E-state index < -0.39 is 5.60 Å². The van der Waals surface area contributed by atoms with Gasteiger partial charge in [-0.1, -0.05) is 6.92 Å². The van der Waals surface area contributed by atoms with Crippen LogP contribution in [0.2, 0.25) is 0 Å². The zero-order valence-electron chi connectivity index (χ0n) is 11.3. The average molecular weight is 252 g/mol. The maximum atomic E-state index is 14.2. The van der Waals surface area contributed by atoms with Crippen LogP contribution in [0.1, 0.15) is 45.6 Å². The van der Waals surface area contributed by atoms with Gasteiger partial charge in [0.1, 0.15) is 5.60 Å². The lowest BCUT2D eigenvalue weighted by atomic mass is 10.1. The highest BCUT2D eigenvalue weighted by Crippen LogP contribution is 2.25. The summed E-state index contributed by atoms with van der Waals surface area (Å²) < 4.78 is 19.8. The molecular formula is C14H21FN2O. The van der Waals surface area contributed by atoms with Gasteiger partial charge in [-0.25, -0.2) is 9.37 Å². The second-order valence-corrected chi connectivity index (χ2v) is 5.46. The lowest BCUT2D eigenvalue weighted by molar-refractivity contribution is 0.0926. The monoisotopic (exact) mass is 252 g/mol. The fraction of sp³-hybridized carbons (Fsp3) is 0.643. The average Bonchev–Trinajstić information content (AvgIpc) is 3.14. The van der Waals surface area contributed by atoms with E-state index in [9.17, 15) is 4.39 Å². The molecule has 1 heterocycles. The molecule has 0 amide bonds. The van der Waals surface area contributed by atoms with Gasteiger partial charge in [0.25, 0.3) is 5.88 Å². The number of halogens is 1. The summed E-state index contributed by atoms with van der Waals surface area (Å²) in [7, 11) is 0. The number of nitrogens with zero attached hydrogens (tertiary/aromatic N) is 1. The van der Waals surface area contributed by atoms with Crippen LogP contribution in [0.4, 0.5) is 4.39 Å². The van der Waals surface area contributed by atoms with Crippen molar-refractivity contribution in [3.05, 3.63) is 23.6 Å². The SMILES string of the molecule is CCC(C)(C)Oc1nccc(CNC2CC2)c1F. The molecule has 1 aliphatic carbocycles. The molecule has 4 heteroatoms. The van der Waals surface area contributed by atoms with E-state index in [4.69, 9.17) is 4.74 Å². The van der Waals surface area contributed by atoms with Crippen molar-refractivity contribution in [3.63, 3.8) is 0 Å². The standard InChI is InChI=1S/C14H21FN2O/c1-4-14(2,3)18-13-12(15)10(7-8-16-13)9-17-11-5-6-11/h7-8,11,17H,4-6,9H2,1-3H3. The number of hydrogen-bond acceptors (Lipinski definition) is 3. The molecule has 3 nitrogen and oxygen atoms in total. The predicted octanol–water partition coefficient (Wildman–Crippen LogP) is 3.04. The molecule has 2 rings (SSSR count). The summed E-state index contributed by atoms with van der Waals surface area (Å²) in [5.41, 5.74) is 0.231. The lowest BCUT2D eigenvalue weighted by Crippen LogP contribution is -2.28. The molecule has 0 unspecified atom stereocenters. The van der Waals surface area contributed by atoms with Crippen LogP contribution < -0.4 is 10.1 Å². The summed E-state index contributed by atoms with van der Waals surface area (Å²) in [5, 5.41) is 3.29. The first-order valence-electron chi connectivity index (χ1n) is 6.57. The molecule has 1 aromatic heterocycles. The first kappa shape index (κ1) is 13.3. The number of hydrogen-bond donors (Lipinski definition) is 1. The molecule has 1 aliphatic rings. The summed E-state index contributed by atoms with van der Waals surface area (Å²) in [6, 6.07) is 2.27. The molecule has 0 aliphatic heterocycles. The van der Waals surface area contributed by atoms with Crippen LogP contribution >= 0.6 is 0 Å². The minimum atomic E-state index is -0.392. The Morgan fingerprint density at radius 1 is 1.50 bits per heavy atom. The van der Waals surface area contributed by atoms with Crippen molar-refractivity contribution in [1.29, 1.82) is 0 Å². The van der Waals surface area contributed by atoms with E-state index >= 15 is 0 Å². The quantitative estimate of drug-likeness (QED) is 0.845. The molecule has 1 N–H and O–H groups in total. The van der Waals surface area contributed by atoms with Crippen LogP contribution in [0.5, 0.6) is 5.88 Å². The van der Waals surface area contributed by atoms with Crippen molar-refractivity contribution >= 4 is 0 Å². The van der Waals surface area contributed by atoms with Crippen LogP contribution in [0.3, 0.4) is 0 Å². The second kappa shape index (κ2) is 5.22. The molecule has 0 saturated heterocycles. The van der Waals surface area contributed by atoms with Gasteiger partial charge in [-0.05, 0) is 39.2 Å². The van der Waals surface area contributed by atoms with Crippen LogP contribution in [0, 0.1) is 5.82 Å². The Morgan fingerprint density at radius 2 is 2.22 bits per heavy atom. The maximum absolute atomic E-state index is 14.2. The summed E-state index contributed by atoms with van der Waals surface area (Å²) in [6.07, 6.45) is 4.80. The minimum absolute atomic E-state index is 0.108. The molecule has 18 heavy (non-hydrogen) atoms. The maximum Gasteiger partial charge on any atom is 0.251 e. The molecule has 100 valence electrons. The summed E-state index contributed by atoms with van der Waals surface area (Å²) in [4.78, 5) is 3.99. The van der Waals surface area contributed by atoms with E-state index in [0.717, 1.165) is 6.42 Å². The van der Waals surface area contributed by atoms with E-state index in [-0.39, 0.29) is 11.7 Å². The third-order valence-electron chi connectivity index (χ3n) is 3.32. The van der Waals surface area contributed by atoms with E-state index in [2.05, 4.69) is 10.3 Å². The largest absolute Gasteiger partial charge is 0.470 e. The van der Waals surface area contributed by atoms with Gasteiger partial charge in [0.05, 0.1) is 0 Å². The highest BCUT2D eigenvalue weighted by molar-refractivity contribution is 5.24. The van der Waals surface area contributed by atoms with Gasteiger partial charge in [-0.2, -0.15) is 0 Å². The van der Waals surface area contributed by atoms with Gasteiger partial charge >= 0.3 is 0 Å². The Morgan fingerprint density at radius 3 is 2.83 bits per heavy atom. The Kier molecular flexibility index (Phi) is 3.85. The van der Waals surface area contributed by atoms with Gasteiger partial charge in [0, 0.05) is 24.3 Å². The number of ether oxygens (including phenoxy) is 1. The molecule has 0 radical (unpaired) electrons. The molecule has 0 atom stereocenters. The van der Waals surface area contributed by atoms with E-state index in [0.29, 0.717) is 18.2 Å². The molecule has 1 saturated carbocycles. The van der Waals surface area contributed by atoms with Crippen LogP contribution in [0.25, 0.3) is 0 Å². The van der Waals surface area contributed by atoms with E-state index in [1.165, 1.54) is 12.8 Å². The predicted molar refractivity (Wildman–Crippen MR) is 69.1 cm³/mol. The lowest BCUT2D eigenvalue weighted by Gasteiger charge is -2.24. The number of aromatic nitrogens is 1. The summed E-state index contributed by atoms with van der Waals surface area (Å²) >= 11 is 0. The topological polar surface area (TPSA) is 34.1 Å². The third kappa shape index (κ3) is 3.42. The summed E-state index contributed by atoms with van der Waals surface area (Å²) in [5.74, 6) is -0.232. The van der Waals surface area contributed by atoms with Gasteiger partial charge < -0.3 is 10.1 Å². The van der Waals surface area contributed by atoms with Crippen molar-refractivity contribution in [2.45, 2.75) is 58.2 Å². The van der Waals surface area contributed by atoms with Gasteiger partial charge in [0.15, 0.2) is 5.82 Å². The Balaban J connectivity index is 2.07. The molecule has 1 aromatic rings. The van der Waals surface area contributed by atoms with Gasteiger partial charge in [0.2, 0.25) is 0 Å². The smallest absolute Gasteiger partial charge is 0.251 e. The number of rotatable bonds is 6. The van der Waals surface area contributed by atoms with Crippen LogP contribution in [-0.2, 0) is 6.54 Å². The first-order chi connectivity index (χ1) is 8.52. The van der Waals surface area contributed by atoms with E-state index in [1.807, 2.05) is 20.8 Å². The van der Waals surface area contributed by atoms with Crippen molar-refractivity contribution in [1.82, 2.24) is 10.3 Å². The van der Waals surface area contributed by atoms with Crippen molar-refractivity contribution in [2.75, 3.05) is 0 Å². The third-order valence-corrected chi connectivity index (χ3v) is 3.32. The number of nitrogens with one attached hydrogen (secondary N) is 1. The van der Waals surface area contributed by atoms with Crippen molar-refractivity contribution in [2.24, 2.45) is 0 Å². The normalized spacial score (nSPS) is 15.8. The molecule has 1 fully saturated rings. The zero-order chi connectivity index (χ0) is 13.2. The Bertz CT molecular complexity index is 416. The highest BCUT2D eigenvalue weighted by atomic mass is 19.1. The Labute approximate surface area is 108 Å². The molecule has 0 spiro atoms. The zero-order valence-corrected chi connectivity index (χ0v) is 11.3. The number of pyridine rings is 1. The van der Waals surface area contributed by atoms with Crippen molar-refractivity contribution < 1.29 is 9.13 Å². The molecule has 0 bridgehead atoms. The summed E-state index contributed by atoms with van der Waals surface area (Å²) in [6.45, 7) is 6.42. The minimum Gasteiger partial charge on any atom is -0.470 e. The first-order valence-corrected chi connectivity index (χ1v) is 6.57. The fourth-order valence-corrected chi connectivity index (χ4v) is 1.55. The fourth-order valence-electron chi connectivity index (χ4n) is 1.55. The second-order valence-electron chi connectivity index (χ2n) is 5.46. The Hall–Kier alpha value is -1.16. The van der Waals surface area contributed by atoms with E-state index in [1.54, 1.807) is 12.3 Å². The molecule has 0 aromatic carbocycles. The van der Waals surface area contributed by atoms with Gasteiger partial charge in [-0.15, -0.1) is 0 Å².